The molecular formula is C18H8Br2S. The van der Waals surface area contributed by atoms with Gasteiger partial charge >= 0.3 is 0 Å². The first-order chi connectivity index (χ1) is 10.2. The van der Waals surface area contributed by atoms with E-state index < -0.39 is 0 Å². The van der Waals surface area contributed by atoms with Crippen LogP contribution in [0.4, 0.5) is 0 Å². The van der Waals surface area contributed by atoms with Crippen molar-refractivity contribution >= 4 is 75.9 Å². The molecule has 3 heteroatoms. The van der Waals surface area contributed by atoms with Crippen LogP contribution in [0, 0.1) is 0 Å². The van der Waals surface area contributed by atoms with Crippen LogP contribution in [0.3, 0.4) is 0 Å². The highest BCUT2D eigenvalue weighted by Crippen LogP contribution is 2.50. The first kappa shape index (κ1) is 12.5. The molecule has 0 spiro atoms. The Balaban J connectivity index is 2.23. The number of benzene rings is 4. The smallest absolute Gasteiger partial charge is 0.0254 e. The molecule has 0 unspecified atom stereocenters. The Bertz CT molecular complexity index is 1000. The third-order valence-electron chi connectivity index (χ3n) is 4.18. The summed E-state index contributed by atoms with van der Waals surface area (Å²) in [5, 5.41) is 8.05. The Hall–Kier alpha value is -1.03. The van der Waals surface area contributed by atoms with Gasteiger partial charge in [-0.25, -0.2) is 0 Å². The zero-order chi connectivity index (χ0) is 14.1. The van der Waals surface area contributed by atoms with Crippen LogP contribution in [-0.2, 0) is 0 Å². The van der Waals surface area contributed by atoms with E-state index in [0.717, 1.165) is 0 Å². The maximum absolute atomic E-state index is 3.70. The van der Waals surface area contributed by atoms with Crippen molar-refractivity contribution in [2.24, 2.45) is 0 Å². The van der Waals surface area contributed by atoms with Gasteiger partial charge in [-0.3, -0.25) is 0 Å². The second-order valence-electron chi connectivity index (χ2n) is 5.27. The second-order valence-corrected chi connectivity index (χ2v) is 8.06. The number of halogens is 2. The summed E-state index contributed by atoms with van der Waals surface area (Å²) >= 11 is 9.27. The normalized spacial score (nSPS) is 13.0. The van der Waals surface area contributed by atoms with Crippen molar-refractivity contribution < 1.29 is 0 Å². The van der Waals surface area contributed by atoms with Crippen LogP contribution < -0.4 is 0 Å². The molecule has 1 aliphatic rings. The van der Waals surface area contributed by atoms with Crippen LogP contribution in [0.2, 0.25) is 0 Å². The van der Waals surface area contributed by atoms with Gasteiger partial charge in [0.2, 0.25) is 0 Å². The van der Waals surface area contributed by atoms with Crippen molar-refractivity contribution in [1.29, 1.82) is 0 Å². The monoisotopic (exact) mass is 414 g/mol. The van der Waals surface area contributed by atoms with Crippen LogP contribution >= 0.6 is 43.6 Å². The maximum Gasteiger partial charge on any atom is 0.0254 e. The van der Waals surface area contributed by atoms with Crippen LogP contribution in [0.5, 0.6) is 0 Å². The lowest BCUT2D eigenvalue weighted by Gasteiger charge is -2.20. The van der Waals surface area contributed by atoms with Crippen LogP contribution in [0.25, 0.3) is 32.3 Å². The van der Waals surface area contributed by atoms with Gasteiger partial charge < -0.3 is 0 Å². The summed E-state index contributed by atoms with van der Waals surface area (Å²) in [6, 6.07) is 17.7. The summed E-state index contributed by atoms with van der Waals surface area (Å²) in [7, 11) is 0. The van der Waals surface area contributed by atoms with Crippen LogP contribution in [-0.4, -0.2) is 0 Å². The Morgan fingerprint density at radius 1 is 0.571 bits per heavy atom. The Morgan fingerprint density at radius 3 is 1.62 bits per heavy atom. The summed E-state index contributed by atoms with van der Waals surface area (Å²) in [6.45, 7) is 0. The Labute approximate surface area is 142 Å². The fourth-order valence-corrected chi connectivity index (χ4v) is 5.32. The van der Waals surface area contributed by atoms with E-state index in [1.165, 1.54) is 51.1 Å². The average Bonchev–Trinajstić information content (AvgIpc) is 2.51. The van der Waals surface area contributed by atoms with Crippen molar-refractivity contribution in [1.82, 2.24) is 0 Å². The van der Waals surface area contributed by atoms with Crippen molar-refractivity contribution in [3.63, 3.8) is 0 Å². The molecule has 0 radical (unpaired) electrons. The maximum atomic E-state index is 3.70. The summed E-state index contributed by atoms with van der Waals surface area (Å²) in [4.78, 5) is 2.70. The molecular weight excluding hydrogens is 408 g/mol. The van der Waals surface area contributed by atoms with Crippen molar-refractivity contribution in [2.75, 3.05) is 0 Å². The summed E-state index contributed by atoms with van der Waals surface area (Å²) in [6.07, 6.45) is 0. The number of rotatable bonds is 0. The third-order valence-corrected chi connectivity index (χ3v) is 6.68. The molecule has 0 N–H and O–H groups in total. The van der Waals surface area contributed by atoms with Gasteiger partial charge in [0.15, 0.2) is 0 Å². The van der Waals surface area contributed by atoms with Crippen LogP contribution in [0.15, 0.2) is 67.3 Å². The lowest BCUT2D eigenvalue weighted by molar-refractivity contribution is 1.47. The summed E-state index contributed by atoms with van der Waals surface area (Å²) < 4.78 is 2.33. The van der Waals surface area contributed by atoms with E-state index in [2.05, 4.69) is 80.4 Å². The van der Waals surface area contributed by atoms with Gasteiger partial charge in [-0.15, -0.1) is 0 Å². The lowest BCUT2D eigenvalue weighted by Crippen LogP contribution is -1.91. The predicted molar refractivity (Wildman–Crippen MR) is 98.5 cm³/mol. The van der Waals surface area contributed by atoms with Gasteiger partial charge in [-0.05, 0) is 45.8 Å². The van der Waals surface area contributed by atoms with E-state index in [1.54, 1.807) is 0 Å². The van der Waals surface area contributed by atoms with Gasteiger partial charge in [0.05, 0.1) is 0 Å². The molecule has 5 rings (SSSR count). The molecule has 21 heavy (non-hydrogen) atoms. The highest BCUT2D eigenvalue weighted by molar-refractivity contribution is 9.11. The first-order valence-electron chi connectivity index (χ1n) is 6.68. The molecule has 1 aliphatic heterocycles. The van der Waals surface area contributed by atoms with Gasteiger partial charge in [0, 0.05) is 29.5 Å². The molecule has 0 nitrogen and oxygen atoms in total. The fourth-order valence-electron chi connectivity index (χ4n) is 3.26. The predicted octanol–water partition coefficient (Wildman–Crippen LogP) is 7.14. The van der Waals surface area contributed by atoms with Gasteiger partial charge in [-0.1, -0.05) is 67.9 Å². The van der Waals surface area contributed by atoms with E-state index in [0.29, 0.717) is 0 Å². The molecule has 1 heterocycles. The summed E-state index contributed by atoms with van der Waals surface area (Å²) in [5.74, 6) is 0. The molecule has 0 saturated heterocycles. The van der Waals surface area contributed by atoms with E-state index in [9.17, 15) is 0 Å². The van der Waals surface area contributed by atoms with Gasteiger partial charge in [0.25, 0.3) is 0 Å². The quantitative estimate of drug-likeness (QED) is 0.242. The largest absolute Gasteiger partial charge is 0.0887 e. The molecule has 0 atom stereocenters. The zero-order valence-electron chi connectivity index (χ0n) is 10.8. The lowest BCUT2D eigenvalue weighted by atomic mass is 9.96. The minimum absolute atomic E-state index is 1.17. The molecule has 100 valence electrons. The van der Waals surface area contributed by atoms with Crippen molar-refractivity contribution in [3.05, 3.63) is 57.5 Å². The highest BCUT2D eigenvalue weighted by atomic mass is 79.9. The Morgan fingerprint density at radius 2 is 1.10 bits per heavy atom. The number of hydrogen-bond donors (Lipinski definition) is 0. The Kier molecular flexibility index (Phi) is 2.53. The number of hydrogen-bond acceptors (Lipinski definition) is 1. The first-order valence-corrected chi connectivity index (χ1v) is 9.08. The second kappa shape index (κ2) is 4.25. The topological polar surface area (TPSA) is 0 Å². The highest BCUT2D eigenvalue weighted by Gasteiger charge is 2.19. The van der Waals surface area contributed by atoms with E-state index in [4.69, 9.17) is 0 Å². The molecule has 4 aromatic carbocycles. The van der Waals surface area contributed by atoms with E-state index >= 15 is 0 Å². The zero-order valence-corrected chi connectivity index (χ0v) is 14.8. The SMILES string of the molecule is Brc1ccc2c3c1ccc1ccc4c(Br)ccc(c4c13)S2. The minimum Gasteiger partial charge on any atom is -0.0887 e. The molecule has 0 saturated carbocycles. The van der Waals surface area contributed by atoms with Crippen molar-refractivity contribution in [3.8, 4) is 0 Å². The van der Waals surface area contributed by atoms with Crippen LogP contribution in [0.1, 0.15) is 0 Å². The van der Waals surface area contributed by atoms with Gasteiger partial charge in [0.1, 0.15) is 0 Å². The third kappa shape index (κ3) is 1.57. The molecule has 4 aromatic rings. The summed E-state index contributed by atoms with van der Waals surface area (Å²) in [5.41, 5.74) is 0. The van der Waals surface area contributed by atoms with Crippen molar-refractivity contribution in [2.45, 2.75) is 9.79 Å². The molecule has 0 aliphatic carbocycles. The minimum atomic E-state index is 1.17. The average molecular weight is 416 g/mol. The molecule has 0 bridgehead atoms. The fraction of sp³-hybridized carbons (Fsp3) is 0. The molecule has 0 amide bonds. The standard InChI is InChI=1S/C18H8Br2S/c19-12-5-7-14-17-10(12)3-1-9-2-4-11-13(20)6-8-15(21-14)18(11)16(9)17/h1-8H. The molecule has 0 fully saturated rings. The van der Waals surface area contributed by atoms with E-state index in [1.807, 2.05) is 11.8 Å². The molecule has 0 aromatic heterocycles. The van der Waals surface area contributed by atoms with Gasteiger partial charge in [-0.2, -0.15) is 0 Å². The van der Waals surface area contributed by atoms with E-state index in [-0.39, 0.29) is 0 Å².